The topological polar surface area (TPSA) is 60.7 Å². The molecular formula is C27H44O3. The van der Waals surface area contributed by atoms with Crippen molar-refractivity contribution in [2.75, 3.05) is 0 Å². The molecule has 0 heterocycles. The van der Waals surface area contributed by atoms with Gasteiger partial charge < -0.3 is 15.3 Å². The van der Waals surface area contributed by atoms with Crippen molar-refractivity contribution < 1.29 is 15.3 Å². The number of aliphatic hydroxyl groups excluding tert-OH is 2. The summed E-state index contributed by atoms with van der Waals surface area (Å²) in [4.78, 5) is 0. The quantitative estimate of drug-likeness (QED) is 0.486. The van der Waals surface area contributed by atoms with Gasteiger partial charge in [-0.25, -0.2) is 0 Å². The van der Waals surface area contributed by atoms with Crippen LogP contribution in [0.3, 0.4) is 0 Å². The minimum absolute atomic E-state index is 0.386. The Kier molecular flexibility index (Phi) is 7.37. The van der Waals surface area contributed by atoms with Gasteiger partial charge in [0, 0.05) is 0 Å². The molecule has 0 amide bonds. The monoisotopic (exact) mass is 416 g/mol. The van der Waals surface area contributed by atoms with Crippen molar-refractivity contribution in [2.45, 2.75) is 110 Å². The lowest BCUT2D eigenvalue weighted by Crippen LogP contribution is -2.36. The third kappa shape index (κ3) is 5.29. The summed E-state index contributed by atoms with van der Waals surface area (Å²) in [5.41, 5.74) is 3.11. The lowest BCUT2D eigenvalue weighted by atomic mass is 9.60. The fourth-order valence-corrected chi connectivity index (χ4v) is 6.70. The number of fused-ring (bicyclic) bond motifs is 1. The Balaban J connectivity index is 1.67. The summed E-state index contributed by atoms with van der Waals surface area (Å²) >= 11 is 0. The van der Waals surface area contributed by atoms with Crippen molar-refractivity contribution in [3.8, 4) is 0 Å². The SMILES string of the molecule is C=C1[C@H](O)CC(=CC=C2CCC[C@@]3(C)C2CCC3[C@H](C)CCCC(C)(C)O)C[C@H]1O. The first-order valence-electron chi connectivity index (χ1n) is 12.2. The minimum atomic E-state index is -0.615. The van der Waals surface area contributed by atoms with Crippen LogP contribution in [0.2, 0.25) is 0 Å². The van der Waals surface area contributed by atoms with Gasteiger partial charge in [0.15, 0.2) is 0 Å². The second-order valence-electron chi connectivity index (χ2n) is 11.4. The van der Waals surface area contributed by atoms with E-state index in [0.29, 0.717) is 35.7 Å². The van der Waals surface area contributed by atoms with Crippen LogP contribution in [0.25, 0.3) is 0 Å². The van der Waals surface area contributed by atoms with E-state index in [1.54, 1.807) is 5.57 Å². The smallest absolute Gasteiger partial charge is 0.0809 e. The van der Waals surface area contributed by atoms with Crippen molar-refractivity contribution in [1.82, 2.24) is 0 Å². The highest BCUT2D eigenvalue weighted by Crippen LogP contribution is 2.60. The fraction of sp³-hybridized carbons (Fsp3) is 0.778. The van der Waals surface area contributed by atoms with Gasteiger partial charge >= 0.3 is 0 Å². The summed E-state index contributed by atoms with van der Waals surface area (Å²) in [6.07, 6.45) is 14.0. The van der Waals surface area contributed by atoms with E-state index in [0.717, 1.165) is 24.3 Å². The molecule has 0 aromatic rings. The molecule has 30 heavy (non-hydrogen) atoms. The van der Waals surface area contributed by atoms with Gasteiger partial charge in [0.2, 0.25) is 0 Å². The summed E-state index contributed by atoms with van der Waals surface area (Å²) in [5.74, 6) is 2.13. The molecule has 3 fully saturated rings. The molecule has 3 rings (SSSR count). The molecule has 170 valence electrons. The predicted molar refractivity (Wildman–Crippen MR) is 124 cm³/mol. The Labute approximate surface area is 184 Å². The lowest BCUT2D eigenvalue weighted by molar-refractivity contribution is 0.0596. The normalized spacial score (nSPS) is 37.4. The van der Waals surface area contributed by atoms with Crippen LogP contribution in [0.4, 0.5) is 0 Å². The van der Waals surface area contributed by atoms with Crippen LogP contribution in [-0.2, 0) is 0 Å². The zero-order valence-corrected chi connectivity index (χ0v) is 19.7. The van der Waals surface area contributed by atoms with Gasteiger partial charge in [-0.3, -0.25) is 0 Å². The van der Waals surface area contributed by atoms with E-state index in [1.165, 1.54) is 38.5 Å². The van der Waals surface area contributed by atoms with Gasteiger partial charge in [0.25, 0.3) is 0 Å². The predicted octanol–water partition coefficient (Wildman–Crippen LogP) is 5.70. The molecule has 0 aliphatic heterocycles. The molecule has 3 saturated carbocycles. The summed E-state index contributed by atoms with van der Waals surface area (Å²) in [6.45, 7) is 12.6. The van der Waals surface area contributed by atoms with E-state index in [1.807, 2.05) is 13.8 Å². The van der Waals surface area contributed by atoms with Crippen LogP contribution in [-0.4, -0.2) is 33.1 Å². The molecule has 3 N–H and O–H groups in total. The summed E-state index contributed by atoms with van der Waals surface area (Å²) in [7, 11) is 0. The highest BCUT2D eigenvalue weighted by Gasteiger charge is 2.50. The van der Waals surface area contributed by atoms with Crippen LogP contribution < -0.4 is 0 Å². The maximum atomic E-state index is 10.1. The number of aliphatic hydroxyl groups is 3. The Morgan fingerprint density at radius 1 is 1.17 bits per heavy atom. The zero-order valence-electron chi connectivity index (χ0n) is 19.7. The first-order valence-corrected chi connectivity index (χ1v) is 12.2. The molecule has 0 aromatic heterocycles. The van der Waals surface area contributed by atoms with E-state index in [2.05, 4.69) is 32.6 Å². The van der Waals surface area contributed by atoms with Crippen molar-refractivity contribution in [3.63, 3.8) is 0 Å². The molecular weight excluding hydrogens is 372 g/mol. The molecule has 0 saturated heterocycles. The lowest BCUT2D eigenvalue weighted by Gasteiger charge is -2.44. The summed E-state index contributed by atoms with van der Waals surface area (Å²) < 4.78 is 0. The third-order valence-electron chi connectivity index (χ3n) is 8.47. The number of hydrogen-bond donors (Lipinski definition) is 3. The van der Waals surface area contributed by atoms with Gasteiger partial charge in [-0.05, 0) is 94.0 Å². The van der Waals surface area contributed by atoms with Gasteiger partial charge in [0.05, 0.1) is 17.8 Å². The maximum absolute atomic E-state index is 10.1. The van der Waals surface area contributed by atoms with E-state index in [4.69, 9.17) is 0 Å². The average molecular weight is 417 g/mol. The van der Waals surface area contributed by atoms with Crippen LogP contribution >= 0.6 is 0 Å². The minimum Gasteiger partial charge on any atom is -0.390 e. The number of hydrogen-bond acceptors (Lipinski definition) is 3. The molecule has 0 radical (unpaired) electrons. The highest BCUT2D eigenvalue weighted by molar-refractivity contribution is 5.29. The van der Waals surface area contributed by atoms with Crippen molar-refractivity contribution in [2.24, 2.45) is 23.2 Å². The second kappa shape index (κ2) is 9.30. The molecule has 2 unspecified atom stereocenters. The Morgan fingerprint density at radius 2 is 1.83 bits per heavy atom. The maximum Gasteiger partial charge on any atom is 0.0809 e. The Morgan fingerprint density at radius 3 is 2.47 bits per heavy atom. The van der Waals surface area contributed by atoms with Crippen molar-refractivity contribution in [1.29, 1.82) is 0 Å². The second-order valence-corrected chi connectivity index (χ2v) is 11.4. The molecule has 3 heteroatoms. The summed E-state index contributed by atoms with van der Waals surface area (Å²) in [5, 5.41) is 30.3. The molecule has 0 spiro atoms. The third-order valence-corrected chi connectivity index (χ3v) is 8.47. The van der Waals surface area contributed by atoms with Crippen molar-refractivity contribution in [3.05, 3.63) is 35.5 Å². The first kappa shape index (κ1) is 23.8. The zero-order chi connectivity index (χ0) is 22.1. The largest absolute Gasteiger partial charge is 0.390 e. The van der Waals surface area contributed by atoms with Crippen LogP contribution in [0.5, 0.6) is 0 Å². The van der Waals surface area contributed by atoms with E-state index < -0.39 is 17.8 Å². The van der Waals surface area contributed by atoms with Gasteiger partial charge in [0.1, 0.15) is 0 Å². The number of rotatable bonds is 6. The van der Waals surface area contributed by atoms with Crippen LogP contribution in [0.15, 0.2) is 35.5 Å². The van der Waals surface area contributed by atoms with Crippen LogP contribution in [0, 0.1) is 23.2 Å². The van der Waals surface area contributed by atoms with E-state index in [9.17, 15) is 15.3 Å². The van der Waals surface area contributed by atoms with Gasteiger partial charge in [-0.15, -0.1) is 0 Å². The summed E-state index contributed by atoms with van der Waals surface area (Å²) in [6, 6.07) is 0. The molecule has 3 aliphatic carbocycles. The number of allylic oxidation sites excluding steroid dienone is 3. The van der Waals surface area contributed by atoms with E-state index >= 15 is 0 Å². The van der Waals surface area contributed by atoms with Gasteiger partial charge in [-0.1, -0.05) is 56.6 Å². The Bertz CT molecular complexity index is 667. The standard InChI is InChI=1S/C27H44O3/c1-18(8-6-14-26(3,4)30)22-12-13-23-21(9-7-15-27(22,23)5)11-10-20-16-24(28)19(2)25(29)17-20/h10-11,18,22-25,28-30H,2,6-9,12-17H2,1,3-5H3/t18-,22?,23?,24-,25-,27-/m1/s1. The molecule has 6 atom stereocenters. The van der Waals surface area contributed by atoms with Crippen LogP contribution in [0.1, 0.15) is 91.9 Å². The molecule has 3 nitrogen and oxygen atoms in total. The highest BCUT2D eigenvalue weighted by atomic mass is 16.3. The first-order chi connectivity index (χ1) is 14.0. The Hall–Kier alpha value is -0.900. The molecule has 0 bridgehead atoms. The van der Waals surface area contributed by atoms with E-state index in [-0.39, 0.29) is 0 Å². The van der Waals surface area contributed by atoms with Gasteiger partial charge in [-0.2, -0.15) is 0 Å². The fourth-order valence-electron chi connectivity index (χ4n) is 6.70. The molecule has 0 aromatic carbocycles. The van der Waals surface area contributed by atoms with Crippen molar-refractivity contribution >= 4 is 0 Å². The average Bonchev–Trinajstić information content (AvgIpc) is 3.00. The molecule has 3 aliphatic rings.